The molecule has 3 nitrogen and oxygen atoms in total. The third-order valence-electron chi connectivity index (χ3n) is 4.03. The molecule has 0 saturated carbocycles. The number of furan rings is 1. The highest BCUT2D eigenvalue weighted by atomic mass is 16.5. The van der Waals surface area contributed by atoms with Crippen molar-refractivity contribution in [2.45, 2.75) is 6.54 Å². The summed E-state index contributed by atoms with van der Waals surface area (Å²) in [6.45, 7) is 0.769. The van der Waals surface area contributed by atoms with Crippen molar-refractivity contribution >= 4 is 27.6 Å². The van der Waals surface area contributed by atoms with Gasteiger partial charge in [-0.2, -0.15) is 0 Å². The van der Waals surface area contributed by atoms with E-state index in [1.165, 1.54) is 5.56 Å². The Morgan fingerprint density at radius 1 is 0.870 bits per heavy atom. The van der Waals surface area contributed by atoms with Crippen molar-refractivity contribution in [1.82, 2.24) is 0 Å². The van der Waals surface area contributed by atoms with Crippen LogP contribution >= 0.6 is 0 Å². The van der Waals surface area contributed by atoms with Gasteiger partial charge >= 0.3 is 0 Å². The molecule has 1 heterocycles. The molecular formula is C20H17NO2. The predicted octanol–water partition coefficient (Wildman–Crippen LogP) is 5.21. The van der Waals surface area contributed by atoms with E-state index in [4.69, 9.17) is 9.15 Å². The van der Waals surface area contributed by atoms with Gasteiger partial charge in [-0.05, 0) is 42.0 Å². The molecule has 0 radical (unpaired) electrons. The zero-order valence-electron chi connectivity index (χ0n) is 12.9. The lowest BCUT2D eigenvalue weighted by molar-refractivity contribution is 0.414. The molecule has 0 aliphatic rings. The van der Waals surface area contributed by atoms with Gasteiger partial charge in [-0.15, -0.1) is 0 Å². The van der Waals surface area contributed by atoms with Crippen LogP contribution < -0.4 is 10.1 Å². The number of para-hydroxylation sites is 1. The molecule has 3 heteroatoms. The summed E-state index contributed by atoms with van der Waals surface area (Å²) >= 11 is 0. The largest absolute Gasteiger partial charge is 0.497 e. The maximum absolute atomic E-state index is 5.85. The number of ether oxygens (including phenoxy) is 1. The van der Waals surface area contributed by atoms with Gasteiger partial charge in [0.2, 0.25) is 0 Å². The Balaban J connectivity index is 1.59. The van der Waals surface area contributed by atoms with Crippen LogP contribution in [0.4, 0.5) is 5.69 Å². The molecule has 114 valence electrons. The molecule has 0 atom stereocenters. The van der Waals surface area contributed by atoms with Crippen molar-refractivity contribution in [3.05, 3.63) is 72.3 Å². The lowest BCUT2D eigenvalue weighted by Crippen LogP contribution is -1.99. The number of rotatable bonds is 4. The van der Waals surface area contributed by atoms with Gasteiger partial charge in [0.25, 0.3) is 0 Å². The maximum atomic E-state index is 5.85. The smallest absolute Gasteiger partial charge is 0.135 e. The summed E-state index contributed by atoms with van der Waals surface area (Å²) in [5.74, 6) is 0.875. The highest BCUT2D eigenvalue weighted by Gasteiger charge is 2.06. The van der Waals surface area contributed by atoms with Crippen LogP contribution in [-0.2, 0) is 6.54 Å². The fourth-order valence-corrected chi connectivity index (χ4v) is 2.78. The monoisotopic (exact) mass is 303 g/mol. The Morgan fingerprint density at radius 3 is 2.48 bits per heavy atom. The second-order valence-electron chi connectivity index (χ2n) is 5.51. The molecule has 0 fully saturated rings. The highest BCUT2D eigenvalue weighted by Crippen LogP contribution is 2.30. The summed E-state index contributed by atoms with van der Waals surface area (Å²) in [6, 6.07) is 22.4. The van der Waals surface area contributed by atoms with E-state index in [1.54, 1.807) is 7.11 Å². The van der Waals surface area contributed by atoms with E-state index >= 15 is 0 Å². The summed E-state index contributed by atoms with van der Waals surface area (Å²) in [5.41, 5.74) is 4.14. The van der Waals surface area contributed by atoms with Gasteiger partial charge in [0.15, 0.2) is 0 Å². The number of hydrogen-bond donors (Lipinski definition) is 1. The summed E-state index contributed by atoms with van der Waals surface area (Å²) in [4.78, 5) is 0. The van der Waals surface area contributed by atoms with Crippen LogP contribution in [-0.4, -0.2) is 7.11 Å². The van der Waals surface area contributed by atoms with E-state index in [9.17, 15) is 0 Å². The molecule has 0 unspecified atom stereocenters. The first-order valence-electron chi connectivity index (χ1n) is 7.61. The van der Waals surface area contributed by atoms with E-state index in [-0.39, 0.29) is 0 Å². The second kappa shape index (κ2) is 5.69. The fourth-order valence-electron chi connectivity index (χ4n) is 2.78. The van der Waals surface area contributed by atoms with Gasteiger partial charge in [0.1, 0.15) is 16.9 Å². The lowest BCUT2D eigenvalue weighted by atomic mass is 10.1. The van der Waals surface area contributed by atoms with Gasteiger partial charge < -0.3 is 14.5 Å². The van der Waals surface area contributed by atoms with Crippen molar-refractivity contribution < 1.29 is 9.15 Å². The van der Waals surface area contributed by atoms with Crippen molar-refractivity contribution in [2.24, 2.45) is 0 Å². The van der Waals surface area contributed by atoms with Crippen LogP contribution in [0.5, 0.6) is 5.75 Å². The molecule has 3 aromatic carbocycles. The number of hydrogen-bond acceptors (Lipinski definition) is 3. The molecule has 1 aromatic heterocycles. The fraction of sp³-hybridized carbons (Fsp3) is 0.100. The topological polar surface area (TPSA) is 34.4 Å². The molecule has 4 rings (SSSR count). The van der Waals surface area contributed by atoms with Crippen molar-refractivity contribution in [3.8, 4) is 5.75 Å². The lowest BCUT2D eigenvalue weighted by Gasteiger charge is -2.07. The highest BCUT2D eigenvalue weighted by molar-refractivity contribution is 6.05. The van der Waals surface area contributed by atoms with E-state index < -0.39 is 0 Å². The van der Waals surface area contributed by atoms with Crippen molar-refractivity contribution in [2.75, 3.05) is 12.4 Å². The number of benzene rings is 3. The van der Waals surface area contributed by atoms with Gasteiger partial charge in [0, 0.05) is 23.0 Å². The molecule has 0 saturated heterocycles. The van der Waals surface area contributed by atoms with Crippen molar-refractivity contribution in [1.29, 1.82) is 0 Å². The van der Waals surface area contributed by atoms with Crippen LogP contribution in [0.25, 0.3) is 21.9 Å². The van der Waals surface area contributed by atoms with Gasteiger partial charge in [-0.1, -0.05) is 30.3 Å². The third-order valence-corrected chi connectivity index (χ3v) is 4.03. The molecule has 0 amide bonds. The normalized spacial score (nSPS) is 11.0. The number of nitrogens with one attached hydrogen (secondary N) is 1. The van der Waals surface area contributed by atoms with Gasteiger partial charge in [-0.25, -0.2) is 0 Å². The zero-order chi connectivity index (χ0) is 15.6. The zero-order valence-corrected chi connectivity index (χ0v) is 12.9. The van der Waals surface area contributed by atoms with Crippen molar-refractivity contribution in [3.63, 3.8) is 0 Å². The van der Waals surface area contributed by atoms with Crippen LogP contribution in [0.15, 0.2) is 71.1 Å². The standard InChI is InChI=1S/C20H17NO2/c1-22-16-9-6-14(7-10-16)13-21-15-8-11-20-18(12-15)17-4-2-3-5-19(17)23-20/h2-12,21H,13H2,1H3. The molecule has 1 N–H and O–H groups in total. The maximum Gasteiger partial charge on any atom is 0.135 e. The predicted molar refractivity (Wildman–Crippen MR) is 94.0 cm³/mol. The minimum Gasteiger partial charge on any atom is -0.497 e. The first kappa shape index (κ1) is 13.7. The minimum atomic E-state index is 0.769. The summed E-state index contributed by atoms with van der Waals surface area (Å²) in [7, 11) is 1.68. The van der Waals surface area contributed by atoms with E-state index in [2.05, 4.69) is 29.6 Å². The molecular weight excluding hydrogens is 286 g/mol. The first-order chi connectivity index (χ1) is 11.3. The molecule has 0 spiro atoms. The van der Waals surface area contributed by atoms with E-state index in [0.29, 0.717) is 0 Å². The quantitative estimate of drug-likeness (QED) is 0.562. The van der Waals surface area contributed by atoms with Gasteiger partial charge in [-0.3, -0.25) is 0 Å². The van der Waals surface area contributed by atoms with Crippen LogP contribution in [0.1, 0.15) is 5.56 Å². The molecule has 0 bridgehead atoms. The molecule has 4 aromatic rings. The minimum absolute atomic E-state index is 0.769. The van der Waals surface area contributed by atoms with E-state index in [0.717, 1.165) is 39.9 Å². The third kappa shape index (κ3) is 2.61. The number of anilines is 1. The summed E-state index contributed by atoms with van der Waals surface area (Å²) in [6.07, 6.45) is 0. The molecule has 0 aliphatic heterocycles. The van der Waals surface area contributed by atoms with Crippen LogP contribution in [0.3, 0.4) is 0 Å². The average Bonchev–Trinajstić information content (AvgIpc) is 2.98. The Kier molecular flexibility index (Phi) is 3.39. The molecule has 23 heavy (non-hydrogen) atoms. The molecule has 0 aliphatic carbocycles. The van der Waals surface area contributed by atoms with E-state index in [1.807, 2.05) is 42.5 Å². The number of methoxy groups -OCH3 is 1. The Hall–Kier alpha value is -2.94. The summed E-state index contributed by atoms with van der Waals surface area (Å²) in [5, 5.41) is 5.75. The van der Waals surface area contributed by atoms with Crippen LogP contribution in [0, 0.1) is 0 Å². The number of fused-ring (bicyclic) bond motifs is 3. The second-order valence-corrected chi connectivity index (χ2v) is 5.51. The Morgan fingerprint density at radius 2 is 1.65 bits per heavy atom. The average molecular weight is 303 g/mol. The Bertz CT molecular complexity index is 954. The summed E-state index contributed by atoms with van der Waals surface area (Å²) < 4.78 is 11.0. The Labute approximate surface area is 134 Å². The SMILES string of the molecule is COc1ccc(CNc2ccc3oc4ccccc4c3c2)cc1. The van der Waals surface area contributed by atoms with Gasteiger partial charge in [0.05, 0.1) is 7.11 Å². The first-order valence-corrected chi connectivity index (χ1v) is 7.61. The van der Waals surface area contributed by atoms with Crippen LogP contribution in [0.2, 0.25) is 0 Å².